The molecule has 3 aromatic rings. The van der Waals surface area contributed by atoms with Crippen molar-refractivity contribution in [3.05, 3.63) is 77.5 Å². The van der Waals surface area contributed by atoms with Crippen LogP contribution in [0, 0.1) is 5.82 Å². The Balaban J connectivity index is 1.72. The Morgan fingerprint density at radius 2 is 1.93 bits per heavy atom. The molecule has 0 spiro atoms. The van der Waals surface area contributed by atoms with E-state index in [0.717, 1.165) is 11.6 Å². The Morgan fingerprint density at radius 3 is 2.62 bits per heavy atom. The minimum absolute atomic E-state index is 0.0624. The molecule has 29 heavy (non-hydrogen) atoms. The number of halogens is 1. The van der Waals surface area contributed by atoms with Crippen LogP contribution < -0.4 is 15.9 Å². The zero-order chi connectivity index (χ0) is 20.8. The first-order chi connectivity index (χ1) is 14.0. The van der Waals surface area contributed by atoms with Gasteiger partial charge in [-0.05, 0) is 42.0 Å². The summed E-state index contributed by atoms with van der Waals surface area (Å²) < 4.78 is 18.6. The van der Waals surface area contributed by atoms with Crippen molar-refractivity contribution in [2.45, 2.75) is 0 Å². The van der Waals surface area contributed by atoms with Crippen molar-refractivity contribution < 1.29 is 18.7 Å². The van der Waals surface area contributed by atoms with Gasteiger partial charge in [0, 0.05) is 5.56 Å². The van der Waals surface area contributed by atoms with Gasteiger partial charge in [0.2, 0.25) is 0 Å². The topological polar surface area (TPSA) is 120 Å². The molecule has 0 aliphatic rings. The van der Waals surface area contributed by atoms with Gasteiger partial charge in [-0.3, -0.25) is 14.6 Å². The molecule has 146 valence electrons. The van der Waals surface area contributed by atoms with Gasteiger partial charge in [-0.15, -0.1) is 0 Å². The van der Waals surface area contributed by atoms with Gasteiger partial charge in [0.05, 0.1) is 37.0 Å². The van der Waals surface area contributed by atoms with Crippen molar-refractivity contribution in [1.82, 2.24) is 15.4 Å². The number of ether oxygens (including phenoxy) is 1. The van der Waals surface area contributed by atoms with Gasteiger partial charge < -0.3 is 10.5 Å². The molecule has 1 aromatic heterocycles. The van der Waals surface area contributed by atoms with Gasteiger partial charge in [-0.25, -0.2) is 14.8 Å². The highest BCUT2D eigenvalue weighted by Crippen LogP contribution is 2.20. The molecular weight excluding hydrogens is 377 g/mol. The number of hydrazone groups is 1. The fourth-order valence-electron chi connectivity index (χ4n) is 2.41. The third kappa shape index (κ3) is 4.78. The van der Waals surface area contributed by atoms with E-state index in [1.54, 1.807) is 31.4 Å². The molecule has 1 heterocycles. The van der Waals surface area contributed by atoms with Crippen molar-refractivity contribution in [2.24, 2.45) is 10.8 Å². The van der Waals surface area contributed by atoms with Crippen molar-refractivity contribution in [3.8, 4) is 17.0 Å². The first-order valence-electron chi connectivity index (χ1n) is 8.37. The van der Waals surface area contributed by atoms with Crippen LogP contribution in [-0.2, 0) is 0 Å². The average molecular weight is 393 g/mol. The number of hydrogen-bond acceptors (Lipinski definition) is 6. The second kappa shape index (κ2) is 8.70. The monoisotopic (exact) mass is 393 g/mol. The molecule has 0 bridgehead atoms. The molecule has 0 radical (unpaired) electrons. The second-order valence-electron chi connectivity index (χ2n) is 5.82. The van der Waals surface area contributed by atoms with Crippen LogP contribution in [0.15, 0.2) is 60.0 Å². The smallest absolute Gasteiger partial charge is 0.291 e. The van der Waals surface area contributed by atoms with Gasteiger partial charge in [0.15, 0.2) is 0 Å². The lowest BCUT2D eigenvalue weighted by Crippen LogP contribution is -2.19. The summed E-state index contributed by atoms with van der Waals surface area (Å²) in [5.41, 5.74) is 8.86. The largest absolute Gasteiger partial charge is 0.497 e. The number of methoxy groups -OCH3 is 1. The Hall–Kier alpha value is -4.14. The lowest BCUT2D eigenvalue weighted by atomic mass is 10.1. The number of hydrogen-bond donors (Lipinski definition) is 2. The predicted molar refractivity (Wildman–Crippen MR) is 104 cm³/mol. The Kier molecular flexibility index (Phi) is 5.88. The van der Waals surface area contributed by atoms with Crippen LogP contribution in [-0.4, -0.2) is 35.1 Å². The number of nitrogens with zero attached hydrogens (tertiary/aromatic N) is 3. The normalized spacial score (nSPS) is 10.7. The van der Waals surface area contributed by atoms with E-state index >= 15 is 0 Å². The molecular formula is C20H16FN5O3. The SMILES string of the molecule is COc1ccc(-c2cncc(C(=O)N/N=C/c3ccc(F)c(C(N)=O)c3)n2)cc1. The number of benzene rings is 2. The lowest BCUT2D eigenvalue weighted by molar-refractivity contribution is 0.0948. The number of carbonyl (C=O) groups excluding carboxylic acids is 2. The zero-order valence-electron chi connectivity index (χ0n) is 15.3. The summed E-state index contributed by atoms with van der Waals surface area (Å²) in [5.74, 6) is -1.51. The van der Waals surface area contributed by atoms with E-state index in [-0.39, 0.29) is 11.3 Å². The quantitative estimate of drug-likeness (QED) is 0.491. The Morgan fingerprint density at radius 1 is 1.17 bits per heavy atom. The summed E-state index contributed by atoms with van der Waals surface area (Å²) in [4.78, 5) is 31.7. The summed E-state index contributed by atoms with van der Waals surface area (Å²) in [7, 11) is 1.57. The van der Waals surface area contributed by atoms with Crippen LogP contribution >= 0.6 is 0 Å². The molecule has 0 aliphatic heterocycles. The Labute approximate surface area is 165 Å². The summed E-state index contributed by atoms with van der Waals surface area (Å²) in [6, 6.07) is 10.9. The first-order valence-corrected chi connectivity index (χ1v) is 8.37. The van der Waals surface area contributed by atoms with E-state index in [1.165, 1.54) is 30.7 Å². The zero-order valence-corrected chi connectivity index (χ0v) is 15.3. The van der Waals surface area contributed by atoms with E-state index in [4.69, 9.17) is 10.5 Å². The summed E-state index contributed by atoms with van der Waals surface area (Å²) >= 11 is 0. The minimum Gasteiger partial charge on any atom is -0.497 e. The predicted octanol–water partition coefficient (Wildman–Crippen LogP) is 2.15. The molecule has 3 N–H and O–H groups in total. The van der Waals surface area contributed by atoms with Crippen molar-refractivity contribution in [3.63, 3.8) is 0 Å². The molecule has 0 unspecified atom stereocenters. The fourth-order valence-corrected chi connectivity index (χ4v) is 2.41. The lowest BCUT2D eigenvalue weighted by Gasteiger charge is -2.05. The number of nitrogens with one attached hydrogen (secondary N) is 1. The van der Waals surface area contributed by atoms with Crippen LogP contribution in [0.3, 0.4) is 0 Å². The Bertz CT molecular complexity index is 1080. The van der Waals surface area contributed by atoms with E-state index in [1.807, 2.05) is 0 Å². The van der Waals surface area contributed by atoms with Crippen LogP contribution in [0.1, 0.15) is 26.4 Å². The van der Waals surface area contributed by atoms with E-state index in [2.05, 4.69) is 20.5 Å². The number of carbonyl (C=O) groups is 2. The van der Waals surface area contributed by atoms with Gasteiger partial charge in [0.25, 0.3) is 11.8 Å². The molecule has 0 atom stereocenters. The molecule has 0 fully saturated rings. The minimum atomic E-state index is -0.896. The van der Waals surface area contributed by atoms with E-state index < -0.39 is 17.6 Å². The highest BCUT2D eigenvalue weighted by molar-refractivity contribution is 5.96. The standard InChI is InChI=1S/C20H16FN5O3/c1-29-14-5-3-13(4-6-14)17-10-23-11-18(25-17)20(28)26-24-9-12-2-7-16(21)15(8-12)19(22)27/h2-11H,1H3,(H2,22,27)(H,26,28)/b24-9+. The summed E-state index contributed by atoms with van der Waals surface area (Å²) in [6.45, 7) is 0. The second-order valence-corrected chi connectivity index (χ2v) is 5.82. The number of rotatable bonds is 6. The van der Waals surface area contributed by atoms with Crippen molar-refractivity contribution in [2.75, 3.05) is 7.11 Å². The molecule has 2 aromatic carbocycles. The molecule has 0 aliphatic carbocycles. The molecule has 9 heteroatoms. The molecule has 8 nitrogen and oxygen atoms in total. The van der Waals surface area contributed by atoms with Crippen molar-refractivity contribution in [1.29, 1.82) is 0 Å². The van der Waals surface area contributed by atoms with Gasteiger partial charge in [0.1, 0.15) is 17.3 Å². The van der Waals surface area contributed by atoms with Crippen molar-refractivity contribution >= 4 is 18.0 Å². The maximum Gasteiger partial charge on any atom is 0.291 e. The third-order valence-electron chi connectivity index (χ3n) is 3.89. The van der Waals surface area contributed by atoms with Crippen LogP contribution in [0.5, 0.6) is 5.75 Å². The molecule has 0 saturated heterocycles. The van der Waals surface area contributed by atoms with Gasteiger partial charge in [-0.2, -0.15) is 5.10 Å². The summed E-state index contributed by atoms with van der Waals surface area (Å²) in [6.07, 6.45) is 4.09. The van der Waals surface area contributed by atoms with Crippen LogP contribution in [0.25, 0.3) is 11.3 Å². The van der Waals surface area contributed by atoms with Gasteiger partial charge >= 0.3 is 0 Å². The molecule has 3 rings (SSSR count). The summed E-state index contributed by atoms with van der Waals surface area (Å²) in [5, 5.41) is 3.79. The van der Waals surface area contributed by atoms with Crippen LogP contribution in [0.2, 0.25) is 0 Å². The van der Waals surface area contributed by atoms with Gasteiger partial charge in [-0.1, -0.05) is 6.07 Å². The maximum atomic E-state index is 13.5. The highest BCUT2D eigenvalue weighted by atomic mass is 19.1. The molecule has 0 saturated carbocycles. The first kappa shape index (κ1) is 19.6. The third-order valence-corrected chi connectivity index (χ3v) is 3.89. The number of aromatic nitrogens is 2. The van der Waals surface area contributed by atoms with Crippen LogP contribution in [0.4, 0.5) is 4.39 Å². The van der Waals surface area contributed by atoms with E-state index in [0.29, 0.717) is 17.0 Å². The maximum absolute atomic E-state index is 13.5. The molecule has 2 amide bonds. The number of primary amides is 1. The number of amides is 2. The fraction of sp³-hybridized carbons (Fsp3) is 0.0500. The number of nitrogens with two attached hydrogens (primary N) is 1. The average Bonchev–Trinajstić information content (AvgIpc) is 2.74. The highest BCUT2D eigenvalue weighted by Gasteiger charge is 2.10. The van der Waals surface area contributed by atoms with E-state index in [9.17, 15) is 14.0 Å².